The van der Waals surface area contributed by atoms with Crippen molar-refractivity contribution in [2.75, 3.05) is 13.2 Å². The Balaban J connectivity index is 5.07. The molecule has 0 spiro atoms. The zero-order chi connectivity index (χ0) is 31.4. The van der Waals surface area contributed by atoms with Gasteiger partial charge in [-0.05, 0) is 12.8 Å². The van der Waals surface area contributed by atoms with Crippen molar-refractivity contribution in [3.63, 3.8) is 0 Å². The van der Waals surface area contributed by atoms with Gasteiger partial charge in [0.2, 0.25) is 0 Å². The molecule has 0 heterocycles. The van der Waals surface area contributed by atoms with Gasteiger partial charge in [0.15, 0.2) is 6.29 Å². The van der Waals surface area contributed by atoms with Crippen LogP contribution in [0.3, 0.4) is 0 Å². The molecule has 0 rings (SSSR count). The van der Waals surface area contributed by atoms with Gasteiger partial charge in [0, 0.05) is 38.9 Å². The van der Waals surface area contributed by atoms with E-state index < -0.39 is 106 Å². The first-order valence-corrected chi connectivity index (χ1v) is 10.1. The standard InChI is InChI=1S/C18H17F18NO2/c19-11(20,13(23,24)15(27,28)17(31,32)33)5-2-8-38-10(4-1-7-37)39-9-3-6-12(21,22)14(25,26)16(29,30)18(34,35)36/h10H,1-6,8-9H2. The van der Waals surface area contributed by atoms with Gasteiger partial charge in [0.1, 0.15) is 0 Å². The summed E-state index contributed by atoms with van der Waals surface area (Å²) in [6.07, 6.45) is -24.3. The molecule has 0 aromatic carbocycles. The summed E-state index contributed by atoms with van der Waals surface area (Å²) in [6.45, 7) is -2.32. The van der Waals surface area contributed by atoms with Crippen LogP contribution in [0.4, 0.5) is 79.0 Å². The largest absolute Gasteiger partial charge is 0.460 e. The van der Waals surface area contributed by atoms with Gasteiger partial charge in [-0.1, -0.05) is 0 Å². The van der Waals surface area contributed by atoms with Gasteiger partial charge < -0.3 is 9.47 Å². The van der Waals surface area contributed by atoms with Gasteiger partial charge in [-0.25, -0.2) is 0 Å². The summed E-state index contributed by atoms with van der Waals surface area (Å²) in [4.78, 5) is 0. The minimum absolute atomic E-state index is 0.525. The van der Waals surface area contributed by atoms with Crippen LogP contribution in [0.15, 0.2) is 0 Å². The molecule has 0 bridgehead atoms. The minimum Gasteiger partial charge on any atom is -0.353 e. The fraction of sp³-hybridized carbons (Fsp3) is 0.944. The van der Waals surface area contributed by atoms with Crippen LogP contribution in [0.5, 0.6) is 0 Å². The second kappa shape index (κ2) is 12.3. The zero-order valence-electron chi connectivity index (χ0n) is 18.8. The van der Waals surface area contributed by atoms with Crippen LogP contribution in [0.25, 0.3) is 0 Å². The Labute approximate surface area is 207 Å². The Bertz CT molecular complexity index is 756. The molecule has 0 saturated carbocycles. The molecular weight excluding hydrogens is 604 g/mol. The lowest BCUT2D eigenvalue weighted by atomic mass is 10.00. The molecule has 0 aliphatic carbocycles. The monoisotopic (exact) mass is 621 g/mol. The third-order valence-electron chi connectivity index (χ3n) is 4.79. The first-order valence-electron chi connectivity index (χ1n) is 10.1. The van der Waals surface area contributed by atoms with E-state index in [2.05, 4.69) is 9.47 Å². The maximum atomic E-state index is 13.5. The molecular formula is C18H17F18NO2. The number of ether oxygens (including phenoxy) is 2. The molecule has 21 heteroatoms. The molecule has 0 aliphatic rings. The number of rotatable bonds is 16. The molecule has 0 N–H and O–H groups in total. The highest BCUT2D eigenvalue weighted by molar-refractivity contribution is 5.01. The van der Waals surface area contributed by atoms with Crippen molar-refractivity contribution >= 4 is 0 Å². The maximum Gasteiger partial charge on any atom is 0.460 e. The Morgan fingerprint density at radius 2 is 0.821 bits per heavy atom. The van der Waals surface area contributed by atoms with E-state index in [1.54, 1.807) is 0 Å². The summed E-state index contributed by atoms with van der Waals surface area (Å²) in [5.74, 6) is -39.9. The van der Waals surface area contributed by atoms with Gasteiger partial charge in [-0.3, -0.25) is 0 Å². The lowest BCUT2D eigenvalue weighted by Crippen LogP contribution is -2.60. The SMILES string of the molecule is N#CCCC(OCCCC(F)(F)C(F)(F)C(F)(F)C(F)(F)F)OCCCC(F)(F)C(F)(F)C(F)(F)C(F)(F)F. The van der Waals surface area contributed by atoms with Crippen molar-refractivity contribution in [2.24, 2.45) is 0 Å². The Hall–Kier alpha value is -1.85. The molecule has 0 radical (unpaired) electrons. The van der Waals surface area contributed by atoms with E-state index in [9.17, 15) is 79.0 Å². The van der Waals surface area contributed by atoms with Crippen molar-refractivity contribution in [1.82, 2.24) is 0 Å². The molecule has 39 heavy (non-hydrogen) atoms. The van der Waals surface area contributed by atoms with Crippen LogP contribution in [-0.2, 0) is 9.47 Å². The Kier molecular flexibility index (Phi) is 11.8. The van der Waals surface area contributed by atoms with E-state index in [1.807, 2.05) is 0 Å². The number of nitriles is 1. The lowest BCUT2D eigenvalue weighted by Gasteiger charge is -2.33. The summed E-state index contributed by atoms with van der Waals surface area (Å²) in [5, 5.41) is 8.48. The van der Waals surface area contributed by atoms with Crippen molar-refractivity contribution < 1.29 is 88.5 Å². The van der Waals surface area contributed by atoms with Crippen molar-refractivity contribution in [3.8, 4) is 6.07 Å². The topological polar surface area (TPSA) is 42.2 Å². The molecule has 0 saturated heterocycles. The molecule has 0 aromatic heterocycles. The number of alkyl halides is 18. The van der Waals surface area contributed by atoms with Crippen LogP contribution in [0, 0.1) is 11.3 Å². The predicted molar refractivity (Wildman–Crippen MR) is 90.8 cm³/mol. The molecule has 0 fully saturated rings. The van der Waals surface area contributed by atoms with Gasteiger partial charge in [-0.15, -0.1) is 0 Å². The van der Waals surface area contributed by atoms with Crippen molar-refractivity contribution in [1.29, 1.82) is 5.26 Å². The van der Waals surface area contributed by atoms with Crippen LogP contribution < -0.4 is 0 Å². The molecule has 3 nitrogen and oxygen atoms in total. The molecule has 0 amide bonds. The van der Waals surface area contributed by atoms with E-state index in [4.69, 9.17) is 5.26 Å². The highest BCUT2D eigenvalue weighted by Crippen LogP contribution is 2.55. The summed E-state index contributed by atoms with van der Waals surface area (Å²) < 4.78 is 239. The molecule has 0 aromatic rings. The third kappa shape index (κ3) is 8.10. The molecule has 0 unspecified atom stereocenters. The number of hydrogen-bond acceptors (Lipinski definition) is 3. The third-order valence-corrected chi connectivity index (χ3v) is 4.79. The highest BCUT2D eigenvalue weighted by Gasteiger charge is 2.82. The fourth-order valence-electron chi connectivity index (χ4n) is 2.54. The van der Waals surface area contributed by atoms with E-state index >= 15 is 0 Å². The van der Waals surface area contributed by atoms with E-state index in [0.29, 0.717) is 0 Å². The van der Waals surface area contributed by atoms with Crippen molar-refractivity contribution in [3.05, 3.63) is 0 Å². The van der Waals surface area contributed by atoms with Crippen LogP contribution in [0.2, 0.25) is 0 Å². The van der Waals surface area contributed by atoms with Crippen LogP contribution >= 0.6 is 0 Å². The number of halogens is 18. The summed E-state index contributed by atoms with van der Waals surface area (Å²) in [5.41, 5.74) is 0. The minimum atomic E-state index is -7.13. The highest BCUT2D eigenvalue weighted by atomic mass is 19.4. The first kappa shape index (κ1) is 37.1. The molecule has 0 atom stereocenters. The van der Waals surface area contributed by atoms with Gasteiger partial charge in [0.25, 0.3) is 0 Å². The maximum absolute atomic E-state index is 13.5. The summed E-state index contributed by atoms with van der Waals surface area (Å²) in [6, 6.07) is 1.45. The van der Waals surface area contributed by atoms with E-state index in [-0.39, 0.29) is 0 Å². The second-order valence-corrected chi connectivity index (χ2v) is 7.78. The van der Waals surface area contributed by atoms with Crippen LogP contribution in [0.1, 0.15) is 38.5 Å². The normalized spacial score (nSPS) is 15.1. The smallest absolute Gasteiger partial charge is 0.353 e. The van der Waals surface area contributed by atoms with Crippen LogP contribution in [-0.4, -0.2) is 67.4 Å². The van der Waals surface area contributed by atoms with Crippen molar-refractivity contribution in [2.45, 2.75) is 92.7 Å². The van der Waals surface area contributed by atoms with E-state index in [1.165, 1.54) is 6.07 Å². The summed E-state index contributed by atoms with van der Waals surface area (Å²) >= 11 is 0. The number of nitrogens with zero attached hydrogens (tertiary/aromatic N) is 1. The molecule has 232 valence electrons. The fourth-order valence-corrected chi connectivity index (χ4v) is 2.54. The summed E-state index contributed by atoms with van der Waals surface area (Å²) in [7, 11) is 0. The Morgan fingerprint density at radius 1 is 0.513 bits per heavy atom. The average Bonchev–Trinajstić information content (AvgIpc) is 2.75. The number of hydrogen-bond donors (Lipinski definition) is 0. The molecule has 0 aliphatic heterocycles. The van der Waals surface area contributed by atoms with E-state index in [0.717, 1.165) is 0 Å². The zero-order valence-corrected chi connectivity index (χ0v) is 18.8. The van der Waals surface area contributed by atoms with Gasteiger partial charge in [-0.2, -0.15) is 84.3 Å². The predicted octanol–water partition coefficient (Wildman–Crippen LogP) is 8.15. The second-order valence-electron chi connectivity index (χ2n) is 7.78. The Morgan fingerprint density at radius 3 is 1.08 bits per heavy atom. The quantitative estimate of drug-likeness (QED) is 0.0993. The first-order chi connectivity index (χ1) is 17.1. The van der Waals surface area contributed by atoms with Gasteiger partial charge >= 0.3 is 47.9 Å². The average molecular weight is 621 g/mol. The lowest BCUT2D eigenvalue weighted by molar-refractivity contribution is -0.397. The van der Waals surface area contributed by atoms with Gasteiger partial charge in [0.05, 0.1) is 6.07 Å².